The maximum absolute atomic E-state index is 13.4. The molecule has 1 atom stereocenters. The Morgan fingerprint density at radius 1 is 1.14 bits per heavy atom. The predicted molar refractivity (Wildman–Crippen MR) is 69.0 cm³/mol. The van der Waals surface area contributed by atoms with Crippen LogP contribution in [0.2, 0.25) is 0 Å². The Balaban J connectivity index is 2.77. The molecule has 0 heterocycles. The first kappa shape index (κ1) is 17.0. The maximum atomic E-state index is 13.4. The van der Waals surface area contributed by atoms with Crippen LogP contribution < -0.4 is 5.32 Å². The zero-order valence-electron chi connectivity index (χ0n) is 11.6. The summed E-state index contributed by atoms with van der Waals surface area (Å²) in [6.45, 7) is 3.58. The predicted octanol–water partition coefficient (Wildman–Crippen LogP) is 2.26. The molecule has 0 aromatic heterocycles. The van der Waals surface area contributed by atoms with Crippen LogP contribution in [0.5, 0.6) is 0 Å². The van der Waals surface area contributed by atoms with Gasteiger partial charge in [-0.1, -0.05) is 13.8 Å². The zero-order valence-corrected chi connectivity index (χ0v) is 11.6. The SMILES string of the molecule is CC(C)CC(NC(=O)Cc1cc(F)c(F)cc1F)C(=O)O. The average Bonchev–Trinajstić information content (AvgIpc) is 2.34. The Kier molecular flexibility index (Phi) is 5.75. The minimum atomic E-state index is -1.35. The molecule has 4 nitrogen and oxygen atoms in total. The molecule has 0 saturated heterocycles. The van der Waals surface area contributed by atoms with Crippen molar-refractivity contribution in [3.63, 3.8) is 0 Å². The molecule has 21 heavy (non-hydrogen) atoms. The molecular formula is C14H16F3NO3. The number of hydrogen-bond acceptors (Lipinski definition) is 2. The lowest BCUT2D eigenvalue weighted by Crippen LogP contribution is -2.42. The Hall–Kier alpha value is -2.05. The Bertz CT molecular complexity index is 547. The van der Waals surface area contributed by atoms with E-state index in [4.69, 9.17) is 5.11 Å². The van der Waals surface area contributed by atoms with Gasteiger partial charge in [0.2, 0.25) is 5.91 Å². The van der Waals surface area contributed by atoms with Crippen LogP contribution in [0.4, 0.5) is 13.2 Å². The first-order valence-corrected chi connectivity index (χ1v) is 6.36. The number of carboxylic acids is 1. The van der Waals surface area contributed by atoms with Gasteiger partial charge in [0, 0.05) is 11.6 Å². The highest BCUT2D eigenvalue weighted by Crippen LogP contribution is 2.14. The third-order valence-corrected chi connectivity index (χ3v) is 2.78. The lowest BCUT2D eigenvalue weighted by molar-refractivity contribution is -0.142. The molecule has 1 unspecified atom stereocenters. The van der Waals surface area contributed by atoms with Gasteiger partial charge in [-0.15, -0.1) is 0 Å². The van der Waals surface area contributed by atoms with Crippen molar-refractivity contribution in [1.82, 2.24) is 5.32 Å². The molecule has 0 aliphatic heterocycles. The van der Waals surface area contributed by atoms with Crippen LogP contribution in [0.25, 0.3) is 0 Å². The normalized spacial score (nSPS) is 12.3. The van der Waals surface area contributed by atoms with Crippen molar-refractivity contribution >= 4 is 11.9 Å². The molecule has 0 fully saturated rings. The molecular weight excluding hydrogens is 287 g/mol. The van der Waals surface area contributed by atoms with Crippen molar-refractivity contribution < 1.29 is 27.9 Å². The quantitative estimate of drug-likeness (QED) is 0.792. The first-order chi connectivity index (χ1) is 9.70. The van der Waals surface area contributed by atoms with Crippen molar-refractivity contribution in [3.8, 4) is 0 Å². The molecule has 1 amide bonds. The second kappa shape index (κ2) is 7.10. The van der Waals surface area contributed by atoms with E-state index in [0.29, 0.717) is 12.1 Å². The number of nitrogens with one attached hydrogen (secondary N) is 1. The molecule has 0 spiro atoms. The zero-order chi connectivity index (χ0) is 16.2. The number of hydrogen-bond donors (Lipinski definition) is 2. The number of carbonyl (C=O) groups excluding carboxylic acids is 1. The molecule has 0 aliphatic rings. The molecule has 0 bridgehead atoms. The highest BCUT2D eigenvalue weighted by Gasteiger charge is 2.22. The van der Waals surface area contributed by atoms with E-state index in [1.165, 1.54) is 0 Å². The van der Waals surface area contributed by atoms with Crippen LogP contribution in [0, 0.1) is 23.4 Å². The highest BCUT2D eigenvalue weighted by molar-refractivity contribution is 5.84. The summed E-state index contributed by atoms with van der Waals surface area (Å²) in [4.78, 5) is 22.7. The molecule has 0 aliphatic carbocycles. The summed E-state index contributed by atoms with van der Waals surface area (Å²) in [6, 6.07) is -0.172. The fraction of sp³-hybridized carbons (Fsp3) is 0.429. The number of carbonyl (C=O) groups is 2. The molecule has 1 rings (SSSR count). The summed E-state index contributed by atoms with van der Waals surface area (Å²) in [5.74, 6) is -5.61. The summed E-state index contributed by atoms with van der Waals surface area (Å²) in [5, 5.41) is 11.2. The van der Waals surface area contributed by atoms with E-state index in [9.17, 15) is 22.8 Å². The summed E-state index contributed by atoms with van der Waals surface area (Å²) < 4.78 is 39.2. The van der Waals surface area contributed by atoms with E-state index < -0.39 is 41.8 Å². The lowest BCUT2D eigenvalue weighted by atomic mass is 10.0. The molecule has 0 saturated carbocycles. The lowest BCUT2D eigenvalue weighted by Gasteiger charge is -2.16. The third-order valence-electron chi connectivity index (χ3n) is 2.78. The number of amides is 1. The van der Waals surface area contributed by atoms with Crippen LogP contribution >= 0.6 is 0 Å². The van der Waals surface area contributed by atoms with Crippen molar-refractivity contribution in [2.24, 2.45) is 5.92 Å². The monoisotopic (exact) mass is 303 g/mol. The van der Waals surface area contributed by atoms with Gasteiger partial charge in [-0.05, 0) is 18.4 Å². The van der Waals surface area contributed by atoms with Gasteiger partial charge in [0.25, 0.3) is 0 Å². The summed E-state index contributed by atoms with van der Waals surface area (Å²) in [6.07, 6.45) is -0.355. The molecule has 1 aromatic carbocycles. The minimum Gasteiger partial charge on any atom is -0.480 e. The standard InChI is InChI=1S/C14H16F3NO3/c1-7(2)3-12(14(20)21)18-13(19)5-8-4-10(16)11(17)6-9(8)15/h4,6-7,12H,3,5H2,1-2H3,(H,18,19)(H,20,21). The van der Waals surface area contributed by atoms with Crippen LogP contribution in [-0.4, -0.2) is 23.0 Å². The largest absolute Gasteiger partial charge is 0.480 e. The fourth-order valence-electron chi connectivity index (χ4n) is 1.81. The van der Waals surface area contributed by atoms with Gasteiger partial charge in [0.05, 0.1) is 6.42 Å². The van der Waals surface area contributed by atoms with Gasteiger partial charge >= 0.3 is 5.97 Å². The number of benzene rings is 1. The third kappa shape index (κ3) is 5.09. The van der Waals surface area contributed by atoms with Crippen LogP contribution in [0.3, 0.4) is 0 Å². The summed E-state index contributed by atoms with van der Waals surface area (Å²) >= 11 is 0. The number of rotatable bonds is 6. The summed E-state index contributed by atoms with van der Waals surface area (Å²) in [7, 11) is 0. The van der Waals surface area contributed by atoms with Crippen molar-refractivity contribution in [1.29, 1.82) is 0 Å². The summed E-state index contributed by atoms with van der Waals surface area (Å²) in [5.41, 5.74) is -0.333. The van der Waals surface area contributed by atoms with E-state index >= 15 is 0 Å². The highest BCUT2D eigenvalue weighted by atomic mass is 19.2. The van der Waals surface area contributed by atoms with E-state index in [0.717, 1.165) is 0 Å². The van der Waals surface area contributed by atoms with Crippen LogP contribution in [0.1, 0.15) is 25.8 Å². The molecule has 2 N–H and O–H groups in total. The maximum Gasteiger partial charge on any atom is 0.326 e. The second-order valence-electron chi connectivity index (χ2n) is 5.12. The van der Waals surface area contributed by atoms with Gasteiger partial charge in [-0.25, -0.2) is 18.0 Å². The van der Waals surface area contributed by atoms with Gasteiger partial charge in [0.15, 0.2) is 11.6 Å². The Morgan fingerprint density at radius 2 is 1.71 bits per heavy atom. The van der Waals surface area contributed by atoms with Gasteiger partial charge in [-0.3, -0.25) is 4.79 Å². The van der Waals surface area contributed by atoms with Crippen molar-refractivity contribution in [2.45, 2.75) is 32.7 Å². The van der Waals surface area contributed by atoms with E-state index in [-0.39, 0.29) is 17.9 Å². The smallest absolute Gasteiger partial charge is 0.326 e. The number of aliphatic carboxylic acids is 1. The molecule has 116 valence electrons. The molecule has 0 radical (unpaired) electrons. The molecule has 7 heteroatoms. The minimum absolute atomic E-state index is 0.0337. The van der Waals surface area contributed by atoms with Gasteiger partial charge in [0.1, 0.15) is 11.9 Å². The van der Waals surface area contributed by atoms with E-state index in [1.807, 2.05) is 0 Å². The Labute approximate surface area is 120 Å². The fourth-order valence-corrected chi connectivity index (χ4v) is 1.81. The average molecular weight is 303 g/mol. The topological polar surface area (TPSA) is 66.4 Å². The van der Waals surface area contributed by atoms with Gasteiger partial charge in [-0.2, -0.15) is 0 Å². The van der Waals surface area contributed by atoms with E-state index in [1.54, 1.807) is 13.8 Å². The van der Waals surface area contributed by atoms with Gasteiger partial charge < -0.3 is 10.4 Å². The van der Waals surface area contributed by atoms with Crippen LogP contribution in [0.15, 0.2) is 12.1 Å². The molecule has 1 aromatic rings. The Morgan fingerprint density at radius 3 is 2.24 bits per heavy atom. The van der Waals surface area contributed by atoms with E-state index in [2.05, 4.69) is 5.32 Å². The van der Waals surface area contributed by atoms with Crippen LogP contribution in [-0.2, 0) is 16.0 Å². The van der Waals surface area contributed by atoms with Crippen molar-refractivity contribution in [3.05, 3.63) is 35.1 Å². The number of carboxylic acid groups (broad SMARTS) is 1. The van der Waals surface area contributed by atoms with Crippen molar-refractivity contribution in [2.75, 3.05) is 0 Å². The first-order valence-electron chi connectivity index (χ1n) is 6.36. The number of halogens is 3. The second-order valence-corrected chi connectivity index (χ2v) is 5.12.